The molecule has 144 valence electrons. The molecule has 0 radical (unpaired) electrons. The number of carbonyl (C=O) groups is 1. The molecular formula is C19H37N5O. The van der Waals surface area contributed by atoms with Crippen LogP contribution in [0.3, 0.4) is 0 Å². The van der Waals surface area contributed by atoms with Gasteiger partial charge in [0.2, 0.25) is 5.91 Å². The molecule has 0 spiro atoms. The largest absolute Gasteiger partial charge is 0.359 e. The van der Waals surface area contributed by atoms with E-state index in [1.165, 1.54) is 19.5 Å². The topological polar surface area (TPSA) is 60.0 Å². The summed E-state index contributed by atoms with van der Waals surface area (Å²) in [4.78, 5) is 20.9. The molecule has 0 aliphatic carbocycles. The van der Waals surface area contributed by atoms with Crippen LogP contribution < -0.4 is 10.6 Å². The number of nitrogens with one attached hydrogen (secondary N) is 2. The monoisotopic (exact) mass is 351 g/mol. The smallest absolute Gasteiger partial charge is 0.220 e. The van der Waals surface area contributed by atoms with Crippen LogP contribution >= 0.6 is 0 Å². The first-order valence-corrected chi connectivity index (χ1v) is 9.90. The Labute approximate surface area is 153 Å². The van der Waals surface area contributed by atoms with Crippen LogP contribution in [-0.4, -0.2) is 75.0 Å². The van der Waals surface area contributed by atoms with Crippen LogP contribution in [0.4, 0.5) is 0 Å². The highest BCUT2D eigenvalue weighted by Gasteiger charge is 2.24. The molecule has 6 nitrogen and oxygen atoms in total. The molecule has 0 saturated carbocycles. The number of carbonyl (C=O) groups excluding carboxylic acids is 1. The van der Waals surface area contributed by atoms with Crippen LogP contribution in [0.5, 0.6) is 0 Å². The molecule has 0 aromatic carbocycles. The quantitative estimate of drug-likeness (QED) is 0.580. The van der Waals surface area contributed by atoms with Gasteiger partial charge in [0.05, 0.1) is 0 Å². The maximum absolute atomic E-state index is 11.5. The Kier molecular flexibility index (Phi) is 8.00. The van der Waals surface area contributed by atoms with E-state index in [9.17, 15) is 4.79 Å². The molecule has 2 atom stereocenters. The highest BCUT2D eigenvalue weighted by Crippen LogP contribution is 2.21. The molecule has 0 bridgehead atoms. The Hall–Kier alpha value is -1.30. The van der Waals surface area contributed by atoms with Gasteiger partial charge in [0.25, 0.3) is 0 Å². The molecule has 25 heavy (non-hydrogen) atoms. The molecule has 2 fully saturated rings. The highest BCUT2D eigenvalue weighted by molar-refractivity contribution is 5.80. The number of amides is 1. The molecule has 2 N–H and O–H groups in total. The van der Waals surface area contributed by atoms with Crippen LogP contribution in [0.2, 0.25) is 0 Å². The van der Waals surface area contributed by atoms with Gasteiger partial charge < -0.3 is 20.4 Å². The standard InChI is InChI=1S/C19H37N5O/c1-15-11-16(2)14-23(13-15)10-7-22-19(21-4)24-8-5-17(6-9-24)12-18(25)20-3/h15-17H,5-14H2,1-4H3,(H,20,25)(H,21,22). The molecule has 2 aliphatic rings. The number of likely N-dealkylation sites (tertiary alicyclic amines) is 2. The molecule has 2 unspecified atom stereocenters. The van der Waals surface area contributed by atoms with E-state index in [0.29, 0.717) is 12.3 Å². The fourth-order valence-electron chi connectivity index (χ4n) is 4.35. The van der Waals surface area contributed by atoms with E-state index < -0.39 is 0 Å². The average Bonchev–Trinajstić information content (AvgIpc) is 2.59. The summed E-state index contributed by atoms with van der Waals surface area (Å²) in [6.45, 7) is 11.2. The van der Waals surface area contributed by atoms with Crippen molar-refractivity contribution in [3.05, 3.63) is 0 Å². The van der Waals surface area contributed by atoms with Crippen molar-refractivity contribution < 1.29 is 4.79 Å². The van der Waals surface area contributed by atoms with Crippen molar-refractivity contribution in [2.45, 2.75) is 39.5 Å². The number of piperidine rings is 2. The SMILES string of the molecule is CN=C(NCCN1CC(C)CC(C)C1)N1CCC(CC(=O)NC)CC1. The fraction of sp³-hybridized carbons (Fsp3) is 0.895. The Bertz CT molecular complexity index is 435. The summed E-state index contributed by atoms with van der Waals surface area (Å²) in [5, 5.41) is 6.27. The lowest BCUT2D eigenvalue weighted by atomic mass is 9.92. The number of rotatable bonds is 5. The molecular weight excluding hydrogens is 314 g/mol. The minimum Gasteiger partial charge on any atom is -0.359 e. The van der Waals surface area contributed by atoms with Crippen LogP contribution in [0.1, 0.15) is 39.5 Å². The maximum atomic E-state index is 11.5. The molecule has 1 amide bonds. The fourth-order valence-corrected chi connectivity index (χ4v) is 4.35. The lowest BCUT2D eigenvalue weighted by Gasteiger charge is -2.36. The summed E-state index contributed by atoms with van der Waals surface area (Å²) in [5.41, 5.74) is 0. The molecule has 0 aromatic heterocycles. The van der Waals surface area contributed by atoms with Crippen molar-refractivity contribution in [3.8, 4) is 0 Å². The Balaban J connectivity index is 1.70. The van der Waals surface area contributed by atoms with Gasteiger partial charge in [-0.25, -0.2) is 0 Å². The number of hydrogen-bond donors (Lipinski definition) is 2. The van der Waals surface area contributed by atoms with E-state index in [4.69, 9.17) is 0 Å². The first kappa shape index (κ1) is 20.0. The molecule has 2 heterocycles. The number of hydrogen-bond acceptors (Lipinski definition) is 3. The minimum atomic E-state index is 0.158. The zero-order valence-corrected chi connectivity index (χ0v) is 16.6. The van der Waals surface area contributed by atoms with E-state index in [1.54, 1.807) is 7.05 Å². The summed E-state index contributed by atoms with van der Waals surface area (Å²) in [5.74, 6) is 3.29. The third kappa shape index (κ3) is 6.49. The van der Waals surface area contributed by atoms with Gasteiger partial charge in [0.15, 0.2) is 5.96 Å². The predicted octanol–water partition coefficient (Wildman–Crippen LogP) is 1.39. The van der Waals surface area contributed by atoms with E-state index in [0.717, 1.165) is 56.8 Å². The van der Waals surface area contributed by atoms with E-state index in [1.807, 2.05) is 7.05 Å². The molecule has 6 heteroatoms. The second kappa shape index (κ2) is 10.00. The van der Waals surface area contributed by atoms with Gasteiger partial charge in [0, 0.05) is 59.8 Å². The van der Waals surface area contributed by atoms with Gasteiger partial charge >= 0.3 is 0 Å². The van der Waals surface area contributed by atoms with Crippen LogP contribution in [0.25, 0.3) is 0 Å². The predicted molar refractivity (Wildman–Crippen MR) is 104 cm³/mol. The Morgan fingerprint density at radius 2 is 1.80 bits per heavy atom. The first-order valence-electron chi connectivity index (χ1n) is 9.90. The van der Waals surface area contributed by atoms with Crippen LogP contribution in [0, 0.1) is 17.8 Å². The van der Waals surface area contributed by atoms with Crippen LogP contribution in [0.15, 0.2) is 4.99 Å². The van der Waals surface area contributed by atoms with Gasteiger partial charge in [-0.05, 0) is 37.0 Å². The van der Waals surface area contributed by atoms with Crippen molar-refractivity contribution in [2.75, 3.05) is 53.4 Å². The van der Waals surface area contributed by atoms with E-state index in [2.05, 4.69) is 39.3 Å². The highest BCUT2D eigenvalue weighted by atomic mass is 16.1. The van der Waals surface area contributed by atoms with Crippen molar-refractivity contribution in [1.29, 1.82) is 0 Å². The van der Waals surface area contributed by atoms with E-state index >= 15 is 0 Å². The number of nitrogens with zero attached hydrogens (tertiary/aromatic N) is 3. The lowest BCUT2D eigenvalue weighted by Crippen LogP contribution is -2.48. The lowest BCUT2D eigenvalue weighted by molar-refractivity contribution is -0.121. The molecule has 2 rings (SSSR count). The van der Waals surface area contributed by atoms with Crippen molar-refractivity contribution in [1.82, 2.24) is 20.4 Å². The van der Waals surface area contributed by atoms with Gasteiger partial charge in [-0.2, -0.15) is 0 Å². The second-order valence-electron chi connectivity index (χ2n) is 7.99. The van der Waals surface area contributed by atoms with Crippen molar-refractivity contribution >= 4 is 11.9 Å². The molecule has 0 aromatic rings. The Morgan fingerprint density at radius 1 is 1.16 bits per heavy atom. The molecule has 2 aliphatic heterocycles. The molecule has 2 saturated heterocycles. The zero-order chi connectivity index (χ0) is 18.2. The third-order valence-electron chi connectivity index (χ3n) is 5.53. The summed E-state index contributed by atoms with van der Waals surface area (Å²) in [7, 11) is 3.58. The minimum absolute atomic E-state index is 0.158. The summed E-state index contributed by atoms with van der Waals surface area (Å²) in [6, 6.07) is 0. The third-order valence-corrected chi connectivity index (χ3v) is 5.53. The second-order valence-corrected chi connectivity index (χ2v) is 7.99. The normalized spacial score (nSPS) is 26.6. The van der Waals surface area contributed by atoms with Crippen LogP contribution in [-0.2, 0) is 4.79 Å². The Morgan fingerprint density at radius 3 is 2.36 bits per heavy atom. The zero-order valence-electron chi connectivity index (χ0n) is 16.6. The maximum Gasteiger partial charge on any atom is 0.220 e. The summed E-state index contributed by atoms with van der Waals surface area (Å²) in [6.07, 6.45) is 4.14. The van der Waals surface area contributed by atoms with Gasteiger partial charge in [-0.15, -0.1) is 0 Å². The number of aliphatic imine (C=N–C) groups is 1. The van der Waals surface area contributed by atoms with Crippen molar-refractivity contribution in [2.24, 2.45) is 22.7 Å². The summed E-state index contributed by atoms with van der Waals surface area (Å²) < 4.78 is 0. The number of guanidine groups is 1. The van der Waals surface area contributed by atoms with E-state index in [-0.39, 0.29) is 5.91 Å². The van der Waals surface area contributed by atoms with Crippen molar-refractivity contribution in [3.63, 3.8) is 0 Å². The van der Waals surface area contributed by atoms with Gasteiger partial charge in [0.1, 0.15) is 0 Å². The first-order chi connectivity index (χ1) is 12.0. The average molecular weight is 352 g/mol. The van der Waals surface area contributed by atoms with Gasteiger partial charge in [-0.1, -0.05) is 13.8 Å². The summed E-state index contributed by atoms with van der Waals surface area (Å²) >= 11 is 0. The van der Waals surface area contributed by atoms with Gasteiger partial charge in [-0.3, -0.25) is 9.79 Å².